The number of thiophene rings is 1. The van der Waals surface area contributed by atoms with Crippen molar-refractivity contribution < 1.29 is 23.8 Å². The summed E-state index contributed by atoms with van der Waals surface area (Å²) in [5.41, 5.74) is 4.64. The molecule has 0 radical (unpaired) electrons. The van der Waals surface area contributed by atoms with E-state index in [1.165, 1.54) is 37.5 Å². The fraction of sp³-hybridized carbons (Fsp3) is 0.480. The second-order valence-corrected chi connectivity index (χ2v) is 9.16. The van der Waals surface area contributed by atoms with Crippen molar-refractivity contribution >= 4 is 34.6 Å². The van der Waals surface area contributed by atoms with Gasteiger partial charge in [-0.3, -0.25) is 5.32 Å². The summed E-state index contributed by atoms with van der Waals surface area (Å²) < 4.78 is 16.2. The van der Waals surface area contributed by atoms with Crippen LogP contribution < -0.4 is 20.2 Å². The number of anilines is 1. The number of carbonyl (C=O) groups excluding carboxylic acids is 2. The van der Waals surface area contributed by atoms with Gasteiger partial charge in [0.15, 0.2) is 11.5 Å². The van der Waals surface area contributed by atoms with Crippen molar-refractivity contribution in [2.45, 2.75) is 58.3 Å². The molecule has 0 atom stereocenters. The number of aryl methyl sites for hydroxylation is 1. The lowest BCUT2D eigenvalue weighted by molar-refractivity contribution is 0.0601. The number of benzene rings is 1. The van der Waals surface area contributed by atoms with E-state index in [0.717, 1.165) is 54.5 Å². The van der Waals surface area contributed by atoms with Gasteiger partial charge >= 0.3 is 12.0 Å². The molecule has 0 bridgehead atoms. The van der Waals surface area contributed by atoms with Crippen molar-refractivity contribution in [1.82, 2.24) is 5.43 Å². The number of carbonyl (C=O) groups is 2. The van der Waals surface area contributed by atoms with E-state index in [1.54, 1.807) is 13.2 Å². The van der Waals surface area contributed by atoms with Crippen LogP contribution in [0, 0.1) is 0 Å². The fourth-order valence-electron chi connectivity index (χ4n) is 3.86. The van der Waals surface area contributed by atoms with E-state index >= 15 is 0 Å². The Balaban J connectivity index is 1.59. The molecule has 1 aliphatic carbocycles. The highest BCUT2D eigenvalue weighted by atomic mass is 32.1. The Hall–Kier alpha value is -3.07. The Bertz CT molecular complexity index is 1020. The molecule has 3 rings (SSSR count). The number of hydrazone groups is 1. The Kier molecular flexibility index (Phi) is 9.75. The molecule has 0 saturated carbocycles. The highest BCUT2D eigenvalue weighted by Gasteiger charge is 2.26. The molecule has 0 spiro atoms. The van der Waals surface area contributed by atoms with Gasteiger partial charge in [0.25, 0.3) is 0 Å². The maximum Gasteiger partial charge on any atom is 0.341 e. The van der Waals surface area contributed by atoms with Gasteiger partial charge in [-0.2, -0.15) is 5.10 Å². The summed E-state index contributed by atoms with van der Waals surface area (Å²) in [5, 5.41) is 7.26. The summed E-state index contributed by atoms with van der Waals surface area (Å²) in [5.74, 6) is 0.854. The van der Waals surface area contributed by atoms with Crippen molar-refractivity contribution in [2.75, 3.05) is 26.1 Å². The Morgan fingerprint density at radius 3 is 2.71 bits per heavy atom. The van der Waals surface area contributed by atoms with E-state index < -0.39 is 12.0 Å². The van der Waals surface area contributed by atoms with Gasteiger partial charge in [0.05, 0.1) is 32.6 Å². The third-order valence-electron chi connectivity index (χ3n) is 5.61. The van der Waals surface area contributed by atoms with Crippen LogP contribution in [-0.2, 0) is 17.6 Å². The van der Waals surface area contributed by atoms with Crippen LogP contribution in [0.25, 0.3) is 0 Å². The molecule has 0 saturated heterocycles. The lowest BCUT2D eigenvalue weighted by Crippen LogP contribution is -2.24. The van der Waals surface area contributed by atoms with Crippen molar-refractivity contribution in [2.24, 2.45) is 5.10 Å². The predicted octanol–water partition coefficient (Wildman–Crippen LogP) is 5.54. The summed E-state index contributed by atoms with van der Waals surface area (Å²) >= 11 is 1.43. The minimum absolute atomic E-state index is 0.432. The van der Waals surface area contributed by atoms with Gasteiger partial charge < -0.3 is 14.2 Å². The molecule has 9 heteroatoms. The molecule has 2 N–H and O–H groups in total. The zero-order chi connectivity index (χ0) is 24.3. The number of esters is 1. The lowest BCUT2D eigenvalue weighted by Gasteiger charge is -2.11. The highest BCUT2D eigenvalue weighted by molar-refractivity contribution is 7.17. The maximum absolute atomic E-state index is 12.4. The van der Waals surface area contributed by atoms with Crippen LogP contribution in [0.2, 0.25) is 0 Å². The van der Waals surface area contributed by atoms with Crippen LogP contribution in [0.5, 0.6) is 11.5 Å². The third kappa shape index (κ3) is 6.72. The quantitative estimate of drug-likeness (QED) is 0.188. The fourth-order valence-corrected chi connectivity index (χ4v) is 5.14. The van der Waals surface area contributed by atoms with Crippen LogP contribution in [0.15, 0.2) is 23.3 Å². The number of nitrogens with one attached hydrogen (secondary N) is 2. The molecular formula is C25H33N3O5S. The monoisotopic (exact) mass is 487 g/mol. The van der Waals surface area contributed by atoms with Gasteiger partial charge in [-0.1, -0.05) is 26.2 Å². The number of hydrogen-bond donors (Lipinski definition) is 2. The minimum Gasteiger partial charge on any atom is -0.493 e. The van der Waals surface area contributed by atoms with E-state index in [2.05, 4.69) is 22.8 Å². The molecule has 1 aliphatic rings. The first-order valence-electron chi connectivity index (χ1n) is 11.7. The summed E-state index contributed by atoms with van der Waals surface area (Å²) in [4.78, 5) is 25.9. The minimum atomic E-state index is -0.529. The topological polar surface area (TPSA) is 98.2 Å². The van der Waals surface area contributed by atoms with Crippen LogP contribution in [0.4, 0.5) is 9.80 Å². The number of urea groups is 1. The Morgan fingerprint density at radius 2 is 1.94 bits per heavy atom. The van der Waals surface area contributed by atoms with E-state index in [9.17, 15) is 9.59 Å². The molecule has 1 aromatic heterocycles. The molecule has 0 unspecified atom stereocenters. The van der Waals surface area contributed by atoms with Crippen LogP contribution in [-0.4, -0.2) is 39.0 Å². The van der Waals surface area contributed by atoms with Gasteiger partial charge in [0, 0.05) is 4.88 Å². The summed E-state index contributed by atoms with van der Waals surface area (Å²) in [7, 11) is 2.94. The average molecular weight is 488 g/mol. The number of nitrogens with zero attached hydrogens (tertiary/aromatic N) is 1. The van der Waals surface area contributed by atoms with Crippen LogP contribution in [0.1, 0.15) is 71.8 Å². The molecule has 34 heavy (non-hydrogen) atoms. The lowest BCUT2D eigenvalue weighted by atomic mass is 9.95. The standard InChI is InChI=1S/C25H33N3O5S/c1-4-5-6-9-14-33-19-13-12-17(15-20(19)31-2)16-26-28-25(30)27-23-22(24(29)32-3)18-10-7-8-11-21(18)34-23/h12-13,15-16H,4-11,14H2,1-3H3,(H2,27,28,30). The second-order valence-electron chi connectivity index (χ2n) is 8.05. The van der Waals surface area contributed by atoms with Crippen LogP contribution in [0.3, 0.4) is 0 Å². The van der Waals surface area contributed by atoms with Crippen LogP contribution >= 0.6 is 11.3 Å². The summed E-state index contributed by atoms with van der Waals surface area (Å²) in [6.07, 6.45) is 9.89. The SMILES string of the molecule is CCCCCCOc1ccc(C=NNC(=O)Nc2sc3c(c2C(=O)OC)CCCC3)cc1OC. The number of hydrogen-bond acceptors (Lipinski definition) is 7. The number of rotatable bonds is 11. The molecule has 2 aromatic rings. The first kappa shape index (κ1) is 25.6. The molecule has 8 nitrogen and oxygen atoms in total. The van der Waals surface area contributed by atoms with Gasteiger partial charge in [-0.05, 0) is 61.4 Å². The van der Waals surface area contributed by atoms with E-state index in [0.29, 0.717) is 28.7 Å². The van der Waals surface area contributed by atoms with Crippen molar-refractivity contribution in [3.05, 3.63) is 39.8 Å². The summed E-state index contributed by atoms with van der Waals surface area (Å²) in [6, 6.07) is 4.95. The highest BCUT2D eigenvalue weighted by Crippen LogP contribution is 2.38. The molecule has 184 valence electrons. The van der Waals surface area contributed by atoms with Crippen molar-refractivity contribution in [3.63, 3.8) is 0 Å². The van der Waals surface area contributed by atoms with Crippen molar-refractivity contribution in [1.29, 1.82) is 0 Å². The average Bonchev–Trinajstić information content (AvgIpc) is 3.21. The number of methoxy groups -OCH3 is 2. The number of amides is 2. The van der Waals surface area contributed by atoms with E-state index in [4.69, 9.17) is 14.2 Å². The predicted molar refractivity (Wildman–Crippen MR) is 135 cm³/mol. The first-order valence-corrected chi connectivity index (χ1v) is 12.5. The Morgan fingerprint density at radius 1 is 1.12 bits per heavy atom. The molecule has 2 amide bonds. The van der Waals surface area contributed by atoms with Gasteiger partial charge in [-0.15, -0.1) is 11.3 Å². The van der Waals surface area contributed by atoms with E-state index in [-0.39, 0.29) is 0 Å². The molecule has 1 aromatic carbocycles. The number of fused-ring (bicyclic) bond motifs is 1. The number of unbranched alkanes of at least 4 members (excludes halogenated alkanes) is 3. The van der Waals surface area contributed by atoms with Gasteiger partial charge in [0.1, 0.15) is 5.00 Å². The first-order chi connectivity index (χ1) is 16.6. The third-order valence-corrected chi connectivity index (χ3v) is 6.82. The zero-order valence-electron chi connectivity index (χ0n) is 20.1. The maximum atomic E-state index is 12.4. The van der Waals surface area contributed by atoms with Gasteiger partial charge in [0.2, 0.25) is 0 Å². The van der Waals surface area contributed by atoms with Crippen molar-refractivity contribution in [3.8, 4) is 11.5 Å². The molecular weight excluding hydrogens is 454 g/mol. The normalized spacial score (nSPS) is 12.8. The second kappa shape index (κ2) is 13.0. The largest absolute Gasteiger partial charge is 0.493 e. The Labute approximate surface area is 204 Å². The molecule has 1 heterocycles. The van der Waals surface area contributed by atoms with Gasteiger partial charge in [-0.25, -0.2) is 15.0 Å². The summed E-state index contributed by atoms with van der Waals surface area (Å²) in [6.45, 7) is 2.82. The molecule has 0 aliphatic heterocycles. The number of ether oxygens (including phenoxy) is 3. The van der Waals surface area contributed by atoms with E-state index in [1.807, 2.05) is 12.1 Å². The zero-order valence-corrected chi connectivity index (χ0v) is 20.9. The molecule has 0 fully saturated rings. The smallest absolute Gasteiger partial charge is 0.341 e.